The largest absolute Gasteiger partial charge is 0.497 e. The van der Waals surface area contributed by atoms with E-state index in [1.165, 1.54) is 0 Å². The van der Waals surface area contributed by atoms with E-state index in [4.69, 9.17) is 27.8 Å². The topological polar surface area (TPSA) is 95.8 Å². The number of methoxy groups -OCH3 is 2. The minimum atomic E-state index is -2.40. The Balaban J connectivity index is 2.18. The average Bonchev–Trinajstić information content (AvgIpc) is 3.15. The lowest BCUT2D eigenvalue weighted by Crippen LogP contribution is -2.68. The summed E-state index contributed by atoms with van der Waals surface area (Å²) >= 11 is 0. The van der Waals surface area contributed by atoms with Gasteiger partial charge in [-0.1, -0.05) is 41.5 Å². The van der Waals surface area contributed by atoms with Gasteiger partial charge in [0.1, 0.15) is 35.9 Å². The fourth-order valence-corrected chi connectivity index (χ4v) is 7.05. The summed E-state index contributed by atoms with van der Waals surface area (Å²) in [5.41, 5.74) is 1.39. The molecule has 2 heterocycles. The minimum absolute atomic E-state index is 0.0924. The molecule has 1 aromatic rings. The quantitative estimate of drug-likeness (QED) is 0.457. The van der Waals surface area contributed by atoms with E-state index in [1.807, 2.05) is 6.07 Å². The highest BCUT2D eigenvalue weighted by atomic mass is 28.4. The number of hydrogen-bond acceptors (Lipinski definition) is 8. The van der Waals surface area contributed by atoms with E-state index < -0.39 is 46.8 Å². The molecule has 0 aliphatic carbocycles. The molecule has 37 heavy (non-hydrogen) atoms. The number of aliphatic hydroxyl groups excluding tert-OH is 2. The minimum Gasteiger partial charge on any atom is -0.497 e. The second kappa shape index (κ2) is 10.2. The van der Waals surface area contributed by atoms with E-state index >= 15 is 0 Å². The molecule has 212 valence electrons. The van der Waals surface area contributed by atoms with Crippen LogP contribution >= 0.6 is 0 Å². The molecule has 0 radical (unpaired) electrons. The standard InChI is InChI=1S/C27H48O8Si2/c1-25(2,3)36(9,10)34-22-20(15-28)33-27(24(29)23(22)35-37(11,12)26(4,5)6)21-17(16-32-27)13-18(30-7)14-19(21)31-8/h13-14,20,22-24,28-29H,15-16H2,1-12H3/t20-,22-,23-,24-,27+/m1/s1. The van der Waals surface area contributed by atoms with Crippen LogP contribution < -0.4 is 9.47 Å². The van der Waals surface area contributed by atoms with Gasteiger partial charge < -0.3 is 38.0 Å². The van der Waals surface area contributed by atoms with Crippen LogP contribution in [0.3, 0.4) is 0 Å². The summed E-state index contributed by atoms with van der Waals surface area (Å²) in [5, 5.41) is 22.5. The van der Waals surface area contributed by atoms with Gasteiger partial charge in [0.25, 0.3) is 0 Å². The van der Waals surface area contributed by atoms with Crippen molar-refractivity contribution in [2.75, 3.05) is 20.8 Å². The van der Waals surface area contributed by atoms with E-state index in [0.717, 1.165) is 5.56 Å². The highest BCUT2D eigenvalue weighted by Gasteiger charge is 2.63. The number of rotatable bonds is 7. The number of benzene rings is 1. The zero-order valence-electron chi connectivity index (χ0n) is 24.7. The molecule has 2 N–H and O–H groups in total. The summed E-state index contributed by atoms with van der Waals surface area (Å²) in [7, 11) is -1.60. The Hall–Kier alpha value is -0.986. The summed E-state index contributed by atoms with van der Waals surface area (Å²) in [6.07, 6.45) is -3.50. The van der Waals surface area contributed by atoms with Gasteiger partial charge in [0.15, 0.2) is 16.6 Å². The van der Waals surface area contributed by atoms with Crippen molar-refractivity contribution in [3.05, 3.63) is 23.3 Å². The zero-order valence-corrected chi connectivity index (χ0v) is 26.7. The normalized spacial score (nSPS) is 28.9. The van der Waals surface area contributed by atoms with Crippen LogP contribution in [0.5, 0.6) is 11.5 Å². The molecule has 0 saturated carbocycles. The van der Waals surface area contributed by atoms with Gasteiger partial charge in [0, 0.05) is 6.07 Å². The van der Waals surface area contributed by atoms with Crippen LogP contribution in [0.25, 0.3) is 0 Å². The predicted octanol–water partition coefficient (Wildman–Crippen LogP) is 4.92. The van der Waals surface area contributed by atoms with E-state index in [2.05, 4.69) is 67.7 Å². The Morgan fingerprint density at radius 2 is 1.46 bits per heavy atom. The van der Waals surface area contributed by atoms with Crippen LogP contribution in [0.2, 0.25) is 36.3 Å². The first kappa shape index (κ1) is 30.6. The third-order valence-electron chi connectivity index (χ3n) is 8.77. The van der Waals surface area contributed by atoms with Gasteiger partial charge in [-0.2, -0.15) is 0 Å². The van der Waals surface area contributed by atoms with Crippen LogP contribution in [0.15, 0.2) is 12.1 Å². The Morgan fingerprint density at radius 1 is 0.919 bits per heavy atom. The smallest absolute Gasteiger partial charge is 0.229 e. The maximum Gasteiger partial charge on any atom is 0.229 e. The molecule has 3 rings (SSSR count). The molecule has 1 saturated heterocycles. The van der Waals surface area contributed by atoms with Crippen molar-refractivity contribution >= 4 is 16.6 Å². The first-order valence-electron chi connectivity index (χ1n) is 13.1. The first-order chi connectivity index (χ1) is 16.8. The number of fused-ring (bicyclic) bond motifs is 2. The van der Waals surface area contributed by atoms with Crippen LogP contribution in [0.4, 0.5) is 0 Å². The first-order valence-corrected chi connectivity index (χ1v) is 18.9. The SMILES string of the molecule is COc1cc2c(c(OC)c1)[C@]1(OC2)O[C@H](CO)[C@@H](O[Si](C)(C)C(C)(C)C)[C@@H](O[Si](C)(C)C(C)(C)C)[C@H]1O. The molecule has 5 atom stereocenters. The zero-order chi connectivity index (χ0) is 28.2. The number of ether oxygens (including phenoxy) is 4. The van der Waals surface area contributed by atoms with Crippen molar-refractivity contribution in [3.63, 3.8) is 0 Å². The number of hydrogen-bond donors (Lipinski definition) is 2. The van der Waals surface area contributed by atoms with Crippen LogP contribution in [0, 0.1) is 0 Å². The van der Waals surface area contributed by atoms with E-state index in [1.54, 1.807) is 20.3 Å². The molecule has 2 aliphatic rings. The third-order valence-corrected chi connectivity index (χ3v) is 17.7. The fourth-order valence-electron chi connectivity index (χ4n) is 4.44. The molecule has 1 spiro atoms. The monoisotopic (exact) mass is 556 g/mol. The molecule has 2 aliphatic heterocycles. The second-order valence-corrected chi connectivity index (χ2v) is 22.8. The van der Waals surface area contributed by atoms with E-state index in [0.29, 0.717) is 17.1 Å². The highest BCUT2D eigenvalue weighted by Crippen LogP contribution is 2.53. The average molecular weight is 557 g/mol. The van der Waals surface area contributed by atoms with Gasteiger partial charge >= 0.3 is 0 Å². The van der Waals surface area contributed by atoms with E-state index in [-0.39, 0.29) is 23.3 Å². The van der Waals surface area contributed by atoms with Crippen molar-refractivity contribution in [1.82, 2.24) is 0 Å². The lowest BCUT2D eigenvalue weighted by Gasteiger charge is -2.54. The van der Waals surface area contributed by atoms with E-state index in [9.17, 15) is 10.2 Å². The van der Waals surface area contributed by atoms with Gasteiger partial charge in [-0.3, -0.25) is 0 Å². The molecule has 1 fully saturated rings. The van der Waals surface area contributed by atoms with Crippen LogP contribution in [0.1, 0.15) is 52.7 Å². The molecular formula is C27H48O8Si2. The molecule has 0 unspecified atom stereocenters. The lowest BCUT2D eigenvalue weighted by atomic mass is 9.87. The molecule has 1 aromatic carbocycles. The third kappa shape index (κ3) is 5.41. The van der Waals surface area contributed by atoms with Gasteiger partial charge in [0.05, 0.1) is 33.0 Å². The summed E-state index contributed by atoms with van der Waals surface area (Å²) in [6, 6.07) is 3.61. The lowest BCUT2D eigenvalue weighted by molar-refractivity contribution is -0.365. The predicted molar refractivity (Wildman–Crippen MR) is 148 cm³/mol. The van der Waals surface area contributed by atoms with Crippen molar-refractivity contribution in [3.8, 4) is 11.5 Å². The molecule has 0 bridgehead atoms. The van der Waals surface area contributed by atoms with Crippen molar-refractivity contribution in [2.45, 2.75) is 115 Å². The number of aliphatic hydroxyl groups is 2. The maximum absolute atomic E-state index is 12.1. The van der Waals surface area contributed by atoms with Crippen LogP contribution in [-0.4, -0.2) is 72.1 Å². The van der Waals surface area contributed by atoms with Crippen molar-refractivity contribution in [1.29, 1.82) is 0 Å². The Morgan fingerprint density at radius 3 is 1.92 bits per heavy atom. The molecular weight excluding hydrogens is 508 g/mol. The van der Waals surface area contributed by atoms with Crippen LogP contribution in [-0.2, 0) is 30.7 Å². The van der Waals surface area contributed by atoms with Gasteiger partial charge in [0.2, 0.25) is 5.79 Å². The maximum atomic E-state index is 12.1. The summed E-state index contributed by atoms with van der Waals surface area (Å²) < 4.78 is 37.8. The summed E-state index contributed by atoms with van der Waals surface area (Å²) in [4.78, 5) is 0. The van der Waals surface area contributed by atoms with Crippen molar-refractivity contribution in [2.24, 2.45) is 0 Å². The van der Waals surface area contributed by atoms with Crippen molar-refractivity contribution < 1.29 is 38.0 Å². The highest BCUT2D eigenvalue weighted by molar-refractivity contribution is 6.74. The fraction of sp³-hybridized carbons (Fsp3) is 0.778. The molecule has 8 nitrogen and oxygen atoms in total. The molecule has 0 aromatic heterocycles. The van der Waals surface area contributed by atoms with Gasteiger partial charge in [-0.25, -0.2) is 0 Å². The summed E-state index contributed by atoms with van der Waals surface area (Å²) in [6.45, 7) is 21.4. The molecule has 10 heteroatoms. The van der Waals surface area contributed by atoms with Gasteiger partial charge in [-0.15, -0.1) is 0 Å². The molecule has 0 amide bonds. The Labute approximate surface area is 224 Å². The Bertz CT molecular complexity index is 968. The van der Waals surface area contributed by atoms with Gasteiger partial charge in [-0.05, 0) is 47.9 Å². The second-order valence-electron chi connectivity index (χ2n) is 13.3. The Kier molecular flexibility index (Phi) is 8.42. The summed E-state index contributed by atoms with van der Waals surface area (Å²) in [5.74, 6) is -0.480.